The second kappa shape index (κ2) is 5.31. The van der Waals surface area contributed by atoms with Gasteiger partial charge in [0.25, 0.3) is 5.91 Å². The van der Waals surface area contributed by atoms with Gasteiger partial charge in [-0.15, -0.1) is 0 Å². The Morgan fingerprint density at radius 3 is 2.75 bits per heavy atom. The van der Waals surface area contributed by atoms with E-state index >= 15 is 0 Å². The number of carbonyl (C=O) groups excluding carboxylic acids is 1. The van der Waals surface area contributed by atoms with Crippen LogP contribution < -0.4 is 0 Å². The van der Waals surface area contributed by atoms with E-state index in [9.17, 15) is 9.59 Å². The number of aromatic nitrogens is 1. The molecule has 2 heterocycles. The number of amides is 1. The standard InChI is InChI=1S/C15H20N2O3/c18-14(19)9-11-6-8-16(10-11)15(20)13-5-2-7-17(13)12-3-1-4-12/h2,5,7,11-12H,1,3-4,6,8-10H2,(H,18,19). The second-order valence-electron chi connectivity index (χ2n) is 5.89. The monoisotopic (exact) mass is 276 g/mol. The summed E-state index contributed by atoms with van der Waals surface area (Å²) in [6, 6.07) is 4.28. The second-order valence-corrected chi connectivity index (χ2v) is 5.89. The summed E-state index contributed by atoms with van der Waals surface area (Å²) in [5, 5.41) is 8.83. The van der Waals surface area contributed by atoms with Crippen molar-refractivity contribution in [3.05, 3.63) is 24.0 Å². The third-order valence-electron chi connectivity index (χ3n) is 4.50. The fraction of sp³-hybridized carbons (Fsp3) is 0.600. The Morgan fingerprint density at radius 2 is 2.10 bits per heavy atom. The number of aliphatic carboxylic acids is 1. The highest BCUT2D eigenvalue weighted by Gasteiger charge is 2.31. The molecule has 1 aromatic heterocycles. The first-order valence-electron chi connectivity index (χ1n) is 7.33. The van der Waals surface area contributed by atoms with Gasteiger partial charge < -0.3 is 14.6 Å². The van der Waals surface area contributed by atoms with Crippen LogP contribution in [0.25, 0.3) is 0 Å². The fourth-order valence-corrected chi connectivity index (χ4v) is 3.15. The molecule has 1 aliphatic heterocycles. The van der Waals surface area contributed by atoms with Crippen LogP contribution in [-0.2, 0) is 4.79 Å². The maximum atomic E-state index is 12.6. The van der Waals surface area contributed by atoms with E-state index in [4.69, 9.17) is 5.11 Å². The molecule has 2 aliphatic rings. The molecule has 0 radical (unpaired) electrons. The van der Waals surface area contributed by atoms with Crippen molar-refractivity contribution in [2.45, 2.75) is 38.1 Å². The quantitative estimate of drug-likeness (QED) is 0.916. The van der Waals surface area contributed by atoms with Gasteiger partial charge in [0.1, 0.15) is 5.69 Å². The van der Waals surface area contributed by atoms with E-state index in [-0.39, 0.29) is 18.2 Å². The zero-order chi connectivity index (χ0) is 14.1. The number of carboxylic acid groups (broad SMARTS) is 1. The van der Waals surface area contributed by atoms with Crippen molar-refractivity contribution < 1.29 is 14.7 Å². The number of nitrogens with zero attached hydrogens (tertiary/aromatic N) is 2. The molecule has 5 nitrogen and oxygen atoms in total. The highest BCUT2D eigenvalue weighted by atomic mass is 16.4. The predicted octanol–water partition coefficient (Wildman–Crippen LogP) is 2.15. The number of hydrogen-bond acceptors (Lipinski definition) is 2. The number of likely N-dealkylation sites (tertiary alicyclic amines) is 1. The van der Waals surface area contributed by atoms with Crippen molar-refractivity contribution in [3.63, 3.8) is 0 Å². The molecule has 1 unspecified atom stereocenters. The maximum absolute atomic E-state index is 12.6. The minimum Gasteiger partial charge on any atom is -0.481 e. The lowest BCUT2D eigenvalue weighted by Gasteiger charge is -2.29. The Bertz CT molecular complexity index is 519. The molecule has 0 aromatic carbocycles. The highest BCUT2D eigenvalue weighted by Crippen LogP contribution is 2.33. The molecule has 1 N–H and O–H groups in total. The third kappa shape index (κ3) is 2.44. The Kier molecular flexibility index (Phi) is 3.51. The first-order valence-corrected chi connectivity index (χ1v) is 7.33. The molecule has 1 saturated carbocycles. The van der Waals surface area contributed by atoms with Crippen molar-refractivity contribution in [1.29, 1.82) is 0 Å². The van der Waals surface area contributed by atoms with Crippen molar-refractivity contribution in [2.75, 3.05) is 13.1 Å². The van der Waals surface area contributed by atoms with E-state index in [1.165, 1.54) is 6.42 Å². The Labute approximate surface area is 118 Å². The van der Waals surface area contributed by atoms with Gasteiger partial charge in [-0.05, 0) is 43.7 Å². The first kappa shape index (κ1) is 13.2. The van der Waals surface area contributed by atoms with Gasteiger partial charge in [0.15, 0.2) is 0 Å². The van der Waals surface area contributed by atoms with Crippen molar-refractivity contribution in [2.24, 2.45) is 5.92 Å². The first-order chi connectivity index (χ1) is 9.65. The Hall–Kier alpha value is -1.78. The van der Waals surface area contributed by atoms with Gasteiger partial charge in [0, 0.05) is 31.7 Å². The lowest BCUT2D eigenvalue weighted by molar-refractivity contribution is -0.138. The zero-order valence-corrected chi connectivity index (χ0v) is 11.5. The normalized spacial score (nSPS) is 22.8. The van der Waals surface area contributed by atoms with Crippen molar-refractivity contribution >= 4 is 11.9 Å². The molecule has 0 spiro atoms. The van der Waals surface area contributed by atoms with Crippen LogP contribution in [0, 0.1) is 5.92 Å². The van der Waals surface area contributed by atoms with Crippen molar-refractivity contribution in [1.82, 2.24) is 9.47 Å². The summed E-state index contributed by atoms with van der Waals surface area (Å²) in [5.74, 6) is -0.625. The van der Waals surface area contributed by atoms with E-state index in [2.05, 4.69) is 4.57 Å². The topological polar surface area (TPSA) is 62.5 Å². The van der Waals surface area contributed by atoms with Crippen LogP contribution in [0.15, 0.2) is 18.3 Å². The van der Waals surface area contributed by atoms with E-state index in [0.29, 0.717) is 19.1 Å². The van der Waals surface area contributed by atoms with Gasteiger partial charge in [0.2, 0.25) is 0 Å². The molecule has 1 saturated heterocycles. The minimum atomic E-state index is -0.776. The van der Waals surface area contributed by atoms with Crippen LogP contribution in [0.2, 0.25) is 0 Å². The molecule has 0 bridgehead atoms. The van der Waals surface area contributed by atoms with Crippen LogP contribution in [0.1, 0.15) is 48.6 Å². The molecular formula is C15H20N2O3. The summed E-state index contributed by atoms with van der Waals surface area (Å²) in [5.41, 5.74) is 0.755. The lowest BCUT2D eigenvalue weighted by Crippen LogP contribution is -2.32. The largest absolute Gasteiger partial charge is 0.481 e. The van der Waals surface area contributed by atoms with E-state index in [0.717, 1.165) is 25.0 Å². The molecule has 1 amide bonds. The average Bonchev–Trinajstić information content (AvgIpc) is 2.94. The summed E-state index contributed by atoms with van der Waals surface area (Å²) in [6.07, 6.45) is 6.48. The van der Waals surface area contributed by atoms with Crippen LogP contribution in [-0.4, -0.2) is 39.5 Å². The van der Waals surface area contributed by atoms with Gasteiger partial charge in [-0.1, -0.05) is 0 Å². The number of carboxylic acids is 1. The van der Waals surface area contributed by atoms with Gasteiger partial charge in [0.05, 0.1) is 0 Å². The Morgan fingerprint density at radius 1 is 1.30 bits per heavy atom. The number of carbonyl (C=O) groups is 2. The molecule has 1 aliphatic carbocycles. The number of hydrogen-bond donors (Lipinski definition) is 1. The third-order valence-corrected chi connectivity index (χ3v) is 4.50. The SMILES string of the molecule is O=C(O)CC1CCN(C(=O)c2cccn2C2CCC2)C1. The maximum Gasteiger partial charge on any atom is 0.303 e. The van der Waals surface area contributed by atoms with Gasteiger partial charge in [-0.3, -0.25) is 9.59 Å². The summed E-state index contributed by atoms with van der Waals surface area (Å²) >= 11 is 0. The molecular weight excluding hydrogens is 256 g/mol. The predicted molar refractivity (Wildman–Crippen MR) is 73.6 cm³/mol. The molecule has 2 fully saturated rings. The molecule has 3 rings (SSSR count). The summed E-state index contributed by atoms with van der Waals surface area (Å²) in [6.45, 7) is 1.24. The minimum absolute atomic E-state index is 0.0507. The Balaban J connectivity index is 1.67. The van der Waals surface area contributed by atoms with Gasteiger partial charge in [-0.2, -0.15) is 0 Å². The smallest absolute Gasteiger partial charge is 0.303 e. The molecule has 20 heavy (non-hydrogen) atoms. The molecule has 1 aromatic rings. The van der Waals surface area contributed by atoms with Crippen molar-refractivity contribution in [3.8, 4) is 0 Å². The lowest BCUT2D eigenvalue weighted by atomic mass is 9.93. The average molecular weight is 276 g/mol. The fourth-order valence-electron chi connectivity index (χ4n) is 3.15. The van der Waals surface area contributed by atoms with E-state index in [1.54, 1.807) is 4.90 Å². The molecule has 108 valence electrons. The van der Waals surface area contributed by atoms with Crippen LogP contribution in [0.4, 0.5) is 0 Å². The number of rotatable bonds is 4. The van der Waals surface area contributed by atoms with E-state index < -0.39 is 5.97 Å². The van der Waals surface area contributed by atoms with E-state index in [1.807, 2.05) is 18.3 Å². The summed E-state index contributed by atoms with van der Waals surface area (Å²) in [7, 11) is 0. The van der Waals surface area contributed by atoms with Crippen LogP contribution in [0.5, 0.6) is 0 Å². The highest BCUT2D eigenvalue weighted by molar-refractivity contribution is 5.93. The van der Waals surface area contributed by atoms with Gasteiger partial charge in [-0.25, -0.2) is 0 Å². The molecule has 5 heteroatoms. The summed E-state index contributed by atoms with van der Waals surface area (Å²) < 4.78 is 2.09. The molecule has 1 atom stereocenters. The van der Waals surface area contributed by atoms with Gasteiger partial charge >= 0.3 is 5.97 Å². The van der Waals surface area contributed by atoms with Crippen LogP contribution >= 0.6 is 0 Å². The zero-order valence-electron chi connectivity index (χ0n) is 11.5. The summed E-state index contributed by atoms with van der Waals surface area (Å²) in [4.78, 5) is 25.1. The van der Waals surface area contributed by atoms with Crippen LogP contribution in [0.3, 0.4) is 0 Å².